The topological polar surface area (TPSA) is 55.4 Å². The average Bonchev–Trinajstić information content (AvgIpc) is 3.71. The number of allylic oxidation sites excluding steroid dienone is 12. The predicted octanol–water partition coefficient (Wildman–Crippen LogP) is 13.6. The Morgan fingerprint density at radius 1 is 0.321 bits per heavy atom. The highest BCUT2D eigenvalue weighted by Gasteiger charge is 2.82. The van der Waals surface area contributed by atoms with Gasteiger partial charge in [0.15, 0.2) is 17.1 Å². The molecule has 0 spiro atoms. The van der Waals surface area contributed by atoms with Crippen LogP contribution in [0.1, 0.15) is 193 Å². The van der Waals surface area contributed by atoms with E-state index in [9.17, 15) is 0 Å². The monoisotopic (exact) mass is 726 g/mol. The third kappa shape index (κ3) is 8.32. The minimum Gasteiger partial charge on any atom is -0.483 e. The molecule has 8 aliphatic carbocycles. The molecule has 0 radical (unpaired) electrons. The zero-order chi connectivity index (χ0) is 35.8. The second kappa shape index (κ2) is 17.2. The predicted molar refractivity (Wildman–Crippen MR) is 209 cm³/mol. The number of hydrogen-bond acceptors (Lipinski definition) is 6. The van der Waals surface area contributed by atoms with E-state index < -0.39 is 17.0 Å². The summed E-state index contributed by atoms with van der Waals surface area (Å²) in [7, 11) is 0. The van der Waals surface area contributed by atoms with E-state index in [4.69, 9.17) is 28.4 Å². The summed E-state index contributed by atoms with van der Waals surface area (Å²) in [5, 5.41) is 0. The lowest BCUT2D eigenvalue weighted by Crippen LogP contribution is -2.58. The third-order valence-corrected chi connectivity index (χ3v) is 12.9. The molecule has 8 aliphatic rings. The summed E-state index contributed by atoms with van der Waals surface area (Å²) in [6.45, 7) is 0. The van der Waals surface area contributed by atoms with Gasteiger partial charge in [-0.1, -0.05) is 44.9 Å². The zero-order valence-corrected chi connectivity index (χ0v) is 32.6. The molecule has 6 heteroatoms. The highest BCUT2D eigenvalue weighted by atomic mass is 16.7. The van der Waals surface area contributed by atoms with E-state index in [0.29, 0.717) is 12.8 Å². The summed E-state index contributed by atoms with van der Waals surface area (Å²) in [5.41, 5.74) is -1.98. The number of ether oxygens (including phenoxy) is 6. The van der Waals surface area contributed by atoms with E-state index in [-0.39, 0.29) is 0 Å². The van der Waals surface area contributed by atoms with Crippen molar-refractivity contribution < 1.29 is 28.4 Å². The second-order valence-electron chi connectivity index (χ2n) is 17.1. The fraction of sp³-hybridized carbons (Fsp3) is 0.702. The largest absolute Gasteiger partial charge is 0.483 e. The van der Waals surface area contributed by atoms with Crippen molar-refractivity contribution in [2.45, 2.75) is 210 Å². The van der Waals surface area contributed by atoms with Gasteiger partial charge in [-0.25, -0.2) is 0 Å². The van der Waals surface area contributed by atoms with Gasteiger partial charge in [-0.2, -0.15) is 0 Å². The van der Waals surface area contributed by atoms with Crippen molar-refractivity contribution >= 4 is 0 Å². The molecule has 0 aliphatic heterocycles. The van der Waals surface area contributed by atoms with Crippen LogP contribution in [-0.2, 0) is 28.4 Å². The highest BCUT2D eigenvalue weighted by molar-refractivity contribution is 5.46. The van der Waals surface area contributed by atoms with E-state index in [1.807, 2.05) is 0 Å². The van der Waals surface area contributed by atoms with Gasteiger partial charge in [0.2, 0.25) is 5.60 Å². The second-order valence-corrected chi connectivity index (χ2v) is 17.1. The van der Waals surface area contributed by atoms with Crippen molar-refractivity contribution in [1.82, 2.24) is 0 Å². The Kier molecular flexibility index (Phi) is 12.0. The van der Waals surface area contributed by atoms with Gasteiger partial charge in [0.05, 0.1) is 35.9 Å². The Balaban J connectivity index is 1.31. The Labute approximate surface area is 319 Å². The molecular formula is C47H66O6. The summed E-state index contributed by atoms with van der Waals surface area (Å²) in [4.78, 5) is 0. The van der Waals surface area contributed by atoms with Gasteiger partial charge in [0.25, 0.3) is 0 Å². The highest BCUT2D eigenvalue weighted by Crippen LogP contribution is 2.68. The van der Waals surface area contributed by atoms with Crippen LogP contribution in [0, 0.1) is 0 Å². The summed E-state index contributed by atoms with van der Waals surface area (Å²) in [6, 6.07) is 0. The molecule has 6 nitrogen and oxygen atoms in total. The van der Waals surface area contributed by atoms with Crippen LogP contribution in [0.4, 0.5) is 0 Å². The fourth-order valence-corrected chi connectivity index (χ4v) is 9.82. The van der Waals surface area contributed by atoms with Crippen LogP contribution in [0.2, 0.25) is 0 Å². The zero-order valence-electron chi connectivity index (χ0n) is 32.6. The normalized spacial score (nSPS) is 32.6. The SMILES string of the molecule is C1=C(OC2=C(OC3=CCCCCC3)C3(OC4=CCCCC4)CC2(OC2=CCCCCCCCC2)CC3(OC2=CCC2)OC2=CCCC2)CCCCCC1. The first-order valence-electron chi connectivity index (χ1n) is 22.2. The molecular weight excluding hydrogens is 661 g/mol. The molecule has 53 heavy (non-hydrogen) atoms. The maximum atomic E-state index is 7.64. The maximum Gasteiger partial charge on any atom is 0.302 e. The van der Waals surface area contributed by atoms with E-state index in [1.165, 1.54) is 70.6 Å². The molecule has 0 aromatic rings. The lowest BCUT2D eigenvalue weighted by Gasteiger charge is -2.48. The van der Waals surface area contributed by atoms with Crippen LogP contribution < -0.4 is 0 Å². The molecule has 2 bridgehead atoms. The smallest absolute Gasteiger partial charge is 0.302 e. The molecule has 290 valence electrons. The van der Waals surface area contributed by atoms with E-state index >= 15 is 0 Å². The van der Waals surface area contributed by atoms with Crippen molar-refractivity contribution in [3.63, 3.8) is 0 Å². The average molecular weight is 727 g/mol. The van der Waals surface area contributed by atoms with Crippen LogP contribution in [0.3, 0.4) is 0 Å². The summed E-state index contributed by atoms with van der Waals surface area (Å²) < 4.78 is 44.8. The van der Waals surface area contributed by atoms with Crippen LogP contribution in [0.5, 0.6) is 0 Å². The first-order chi connectivity index (χ1) is 26.2. The standard InChI is InChI=1S/C47H66O6/c1-2-5-16-27-39(28-17-6-3-1)50-45-35-46(51-40-29-18-11-19-30-40,47(36-45,53-42-33-22-34-42)52-41-31-20-21-32-41)44(49-38-25-14-9-10-15-26-38)43(45)48-37-23-12-7-4-8-13-24-37/h23,25,27,29,31,33H,1-22,24,26,28,30,32,34-36H2. The molecule has 1 saturated carbocycles. The number of rotatable bonds is 12. The third-order valence-electron chi connectivity index (χ3n) is 12.9. The molecule has 3 unspecified atom stereocenters. The first-order valence-corrected chi connectivity index (χ1v) is 22.2. The molecule has 0 heterocycles. The minimum absolute atomic E-state index is 0.480. The van der Waals surface area contributed by atoms with Crippen molar-refractivity contribution in [2.24, 2.45) is 0 Å². The maximum absolute atomic E-state index is 7.64. The fourth-order valence-electron chi connectivity index (χ4n) is 9.82. The van der Waals surface area contributed by atoms with Crippen LogP contribution >= 0.6 is 0 Å². The van der Waals surface area contributed by atoms with E-state index in [1.54, 1.807) is 0 Å². The van der Waals surface area contributed by atoms with Gasteiger partial charge >= 0.3 is 5.79 Å². The Bertz CT molecular complexity index is 1520. The lowest BCUT2D eigenvalue weighted by molar-refractivity contribution is -0.285. The van der Waals surface area contributed by atoms with Crippen molar-refractivity contribution in [3.8, 4) is 0 Å². The minimum atomic E-state index is -1.17. The van der Waals surface area contributed by atoms with Crippen molar-refractivity contribution in [1.29, 1.82) is 0 Å². The van der Waals surface area contributed by atoms with Gasteiger partial charge in [0.1, 0.15) is 11.5 Å². The van der Waals surface area contributed by atoms with Crippen LogP contribution in [0.25, 0.3) is 0 Å². The molecule has 0 aromatic carbocycles. The van der Waals surface area contributed by atoms with Gasteiger partial charge in [-0.05, 0) is 133 Å². The summed E-state index contributed by atoms with van der Waals surface area (Å²) >= 11 is 0. The molecule has 3 atom stereocenters. The van der Waals surface area contributed by atoms with Gasteiger partial charge in [-0.15, -0.1) is 0 Å². The number of hydrogen-bond donors (Lipinski definition) is 0. The molecule has 0 aromatic heterocycles. The summed E-state index contributed by atoms with van der Waals surface area (Å²) in [6.07, 6.45) is 45.8. The van der Waals surface area contributed by atoms with E-state index in [2.05, 4.69) is 36.5 Å². The molecule has 0 saturated heterocycles. The Hall–Kier alpha value is -3.02. The first kappa shape index (κ1) is 36.9. The molecule has 8 rings (SSSR count). The molecule has 0 N–H and O–H groups in total. The molecule has 1 fully saturated rings. The summed E-state index contributed by atoms with van der Waals surface area (Å²) in [5.74, 6) is 6.51. The Morgan fingerprint density at radius 2 is 0.736 bits per heavy atom. The van der Waals surface area contributed by atoms with Crippen LogP contribution in [0.15, 0.2) is 82.5 Å². The molecule has 0 amide bonds. The number of fused-ring (bicyclic) bond motifs is 2. The quantitative estimate of drug-likeness (QED) is 0.187. The van der Waals surface area contributed by atoms with Crippen molar-refractivity contribution in [3.05, 3.63) is 82.5 Å². The van der Waals surface area contributed by atoms with Gasteiger partial charge in [0, 0.05) is 38.5 Å². The van der Waals surface area contributed by atoms with Crippen molar-refractivity contribution in [2.75, 3.05) is 0 Å². The van der Waals surface area contributed by atoms with Gasteiger partial charge in [-0.3, -0.25) is 0 Å². The van der Waals surface area contributed by atoms with Crippen LogP contribution in [-0.4, -0.2) is 17.0 Å². The lowest BCUT2D eigenvalue weighted by atomic mass is 9.89. The van der Waals surface area contributed by atoms with Gasteiger partial charge < -0.3 is 28.4 Å². The van der Waals surface area contributed by atoms with E-state index in [0.717, 1.165) is 155 Å². The Morgan fingerprint density at radius 3 is 1.32 bits per heavy atom.